The van der Waals surface area contributed by atoms with E-state index in [1.165, 1.54) is 0 Å². The van der Waals surface area contributed by atoms with Gasteiger partial charge < -0.3 is 15.4 Å². The summed E-state index contributed by atoms with van der Waals surface area (Å²) in [4.78, 5) is 14.7. The van der Waals surface area contributed by atoms with Crippen LogP contribution in [0, 0.1) is 0 Å². The molecule has 102 valence electrons. The van der Waals surface area contributed by atoms with Crippen LogP contribution in [0.3, 0.4) is 0 Å². The van der Waals surface area contributed by atoms with Crippen molar-refractivity contribution in [2.45, 2.75) is 19.3 Å². The second-order valence-corrected chi connectivity index (χ2v) is 5.08. The molecule has 5 heteroatoms. The number of hydrogen-bond donors (Lipinski definition) is 1. The topological polar surface area (TPSA) is 55.6 Å². The third kappa shape index (κ3) is 3.67. The Bertz CT molecular complexity index is 476. The Balaban J connectivity index is 1.95. The minimum atomic E-state index is 0.0448. The Morgan fingerprint density at radius 3 is 2.95 bits per heavy atom. The van der Waals surface area contributed by atoms with Crippen LogP contribution in [0.1, 0.15) is 29.6 Å². The van der Waals surface area contributed by atoms with E-state index < -0.39 is 0 Å². The van der Waals surface area contributed by atoms with Gasteiger partial charge in [0.2, 0.25) is 0 Å². The molecule has 4 nitrogen and oxygen atoms in total. The molecular formula is C14H18N2O2S. The summed E-state index contributed by atoms with van der Waals surface area (Å²) >= 11 is 4.84. The summed E-state index contributed by atoms with van der Waals surface area (Å²) in [5.74, 6) is 0.724. The molecule has 0 aliphatic carbocycles. The lowest BCUT2D eigenvalue weighted by Gasteiger charge is -2.19. The summed E-state index contributed by atoms with van der Waals surface area (Å²) < 4.78 is 5.59. The van der Waals surface area contributed by atoms with E-state index in [4.69, 9.17) is 22.7 Å². The average Bonchev–Trinajstić information content (AvgIpc) is 2.55. The zero-order valence-electron chi connectivity index (χ0n) is 10.8. The monoisotopic (exact) mass is 278 g/mol. The van der Waals surface area contributed by atoms with Gasteiger partial charge in [0.1, 0.15) is 12.4 Å². The summed E-state index contributed by atoms with van der Waals surface area (Å²) in [5, 5.41) is 0. The predicted octanol–water partition coefficient (Wildman–Crippen LogP) is 1.98. The number of carbonyl (C=O) groups excluding carboxylic acids is 1. The van der Waals surface area contributed by atoms with E-state index in [1.54, 1.807) is 0 Å². The van der Waals surface area contributed by atoms with Crippen molar-refractivity contribution < 1.29 is 9.53 Å². The normalized spacial score (nSPS) is 14.5. The van der Waals surface area contributed by atoms with Crippen LogP contribution in [-0.2, 0) is 0 Å². The Kier molecular flexibility index (Phi) is 4.74. The highest BCUT2D eigenvalue weighted by atomic mass is 32.1. The highest BCUT2D eigenvalue weighted by Crippen LogP contribution is 2.22. The van der Waals surface area contributed by atoms with E-state index >= 15 is 0 Å². The quantitative estimate of drug-likeness (QED) is 0.661. The third-order valence-corrected chi connectivity index (χ3v) is 3.33. The van der Waals surface area contributed by atoms with Gasteiger partial charge in [0, 0.05) is 6.54 Å². The van der Waals surface area contributed by atoms with Crippen molar-refractivity contribution in [2.24, 2.45) is 5.73 Å². The van der Waals surface area contributed by atoms with Gasteiger partial charge in [0.25, 0.3) is 5.91 Å². The van der Waals surface area contributed by atoms with Gasteiger partial charge in [-0.25, -0.2) is 0 Å². The van der Waals surface area contributed by atoms with Gasteiger partial charge >= 0.3 is 0 Å². The first-order chi connectivity index (χ1) is 9.18. The van der Waals surface area contributed by atoms with Crippen molar-refractivity contribution in [3.05, 3.63) is 29.8 Å². The Labute approximate surface area is 118 Å². The average molecular weight is 278 g/mol. The molecule has 2 N–H and O–H groups in total. The lowest BCUT2D eigenvalue weighted by molar-refractivity contribution is 0.0753. The van der Waals surface area contributed by atoms with Gasteiger partial charge in [-0.2, -0.15) is 0 Å². The summed E-state index contributed by atoms with van der Waals surface area (Å²) in [6.07, 6.45) is 2.57. The molecule has 0 radical (unpaired) electrons. The number of ether oxygens (including phenoxy) is 1. The number of unbranched alkanes of at least 4 members (excludes halogenated alkanes) is 1. The maximum Gasteiger partial charge on any atom is 0.257 e. The molecule has 1 heterocycles. The van der Waals surface area contributed by atoms with Gasteiger partial charge in [-0.1, -0.05) is 24.4 Å². The van der Waals surface area contributed by atoms with Crippen molar-refractivity contribution in [3.63, 3.8) is 0 Å². The first-order valence-electron chi connectivity index (χ1n) is 6.48. The fourth-order valence-electron chi connectivity index (χ4n) is 2.12. The van der Waals surface area contributed by atoms with Gasteiger partial charge in [-0.3, -0.25) is 4.79 Å². The van der Waals surface area contributed by atoms with Crippen molar-refractivity contribution in [1.29, 1.82) is 0 Å². The van der Waals surface area contributed by atoms with Crippen molar-refractivity contribution in [2.75, 3.05) is 19.7 Å². The number of nitrogens with two attached hydrogens (primary N) is 1. The SMILES string of the molecule is NC(=S)CCCCN1CCOc2ccccc2C1=O. The van der Waals surface area contributed by atoms with Crippen molar-refractivity contribution in [3.8, 4) is 5.75 Å². The number of benzene rings is 1. The number of fused-ring (bicyclic) bond motifs is 1. The number of amides is 1. The van der Waals surface area contributed by atoms with Crippen LogP contribution in [0.15, 0.2) is 24.3 Å². The molecule has 0 spiro atoms. The van der Waals surface area contributed by atoms with E-state index in [1.807, 2.05) is 29.2 Å². The lowest BCUT2D eigenvalue weighted by Crippen LogP contribution is -2.33. The molecule has 1 aliphatic rings. The molecule has 2 rings (SSSR count). The minimum Gasteiger partial charge on any atom is -0.491 e. The number of carbonyl (C=O) groups is 1. The molecular weight excluding hydrogens is 260 g/mol. The molecule has 19 heavy (non-hydrogen) atoms. The molecule has 1 aromatic rings. The van der Waals surface area contributed by atoms with E-state index in [0.717, 1.165) is 25.8 Å². The highest BCUT2D eigenvalue weighted by Gasteiger charge is 2.22. The summed E-state index contributed by atoms with van der Waals surface area (Å²) in [6.45, 7) is 1.89. The maximum atomic E-state index is 12.4. The van der Waals surface area contributed by atoms with Crippen LogP contribution < -0.4 is 10.5 Å². The minimum absolute atomic E-state index is 0.0448. The van der Waals surface area contributed by atoms with E-state index in [-0.39, 0.29) is 5.91 Å². The molecule has 0 bridgehead atoms. The molecule has 1 aromatic carbocycles. The molecule has 0 aromatic heterocycles. The lowest BCUT2D eigenvalue weighted by atomic mass is 10.1. The predicted molar refractivity (Wildman–Crippen MR) is 78.5 cm³/mol. The number of para-hydroxylation sites is 1. The molecule has 0 atom stereocenters. The van der Waals surface area contributed by atoms with Gasteiger partial charge in [0.15, 0.2) is 0 Å². The summed E-state index contributed by atoms with van der Waals surface area (Å²) in [6, 6.07) is 7.38. The van der Waals surface area contributed by atoms with Crippen molar-refractivity contribution >= 4 is 23.1 Å². The first-order valence-corrected chi connectivity index (χ1v) is 6.88. The second-order valence-electron chi connectivity index (χ2n) is 4.56. The Morgan fingerprint density at radius 1 is 1.37 bits per heavy atom. The third-order valence-electron chi connectivity index (χ3n) is 3.12. The Hall–Kier alpha value is -1.62. The van der Waals surface area contributed by atoms with Crippen LogP contribution in [0.5, 0.6) is 5.75 Å². The van der Waals surface area contributed by atoms with Gasteiger partial charge in [0.05, 0.1) is 17.1 Å². The molecule has 1 amide bonds. The standard InChI is InChI=1S/C14H18N2O2S/c15-13(19)7-3-4-8-16-9-10-18-12-6-2-1-5-11(12)14(16)17/h1-2,5-6H,3-4,7-10H2,(H2,15,19). The zero-order chi connectivity index (χ0) is 13.7. The zero-order valence-corrected chi connectivity index (χ0v) is 11.6. The molecule has 1 aliphatic heterocycles. The summed E-state index contributed by atoms with van der Waals surface area (Å²) in [5.41, 5.74) is 6.11. The van der Waals surface area contributed by atoms with Crippen LogP contribution in [-0.4, -0.2) is 35.5 Å². The highest BCUT2D eigenvalue weighted by molar-refractivity contribution is 7.80. The molecule has 0 saturated carbocycles. The fourth-order valence-corrected chi connectivity index (χ4v) is 2.27. The fraction of sp³-hybridized carbons (Fsp3) is 0.429. The van der Waals surface area contributed by atoms with Crippen LogP contribution in [0.25, 0.3) is 0 Å². The number of thiocarbonyl (C=S) groups is 1. The maximum absolute atomic E-state index is 12.4. The van der Waals surface area contributed by atoms with Gasteiger partial charge in [-0.05, 0) is 31.4 Å². The molecule has 0 saturated heterocycles. The molecule has 0 fully saturated rings. The number of nitrogens with zero attached hydrogens (tertiary/aromatic N) is 1. The number of hydrogen-bond acceptors (Lipinski definition) is 3. The second kappa shape index (κ2) is 6.52. The Morgan fingerprint density at radius 2 is 2.16 bits per heavy atom. The smallest absolute Gasteiger partial charge is 0.257 e. The molecule has 0 unspecified atom stereocenters. The van der Waals surface area contributed by atoms with Gasteiger partial charge in [-0.15, -0.1) is 0 Å². The van der Waals surface area contributed by atoms with E-state index in [0.29, 0.717) is 29.5 Å². The van der Waals surface area contributed by atoms with Crippen LogP contribution in [0.2, 0.25) is 0 Å². The largest absolute Gasteiger partial charge is 0.491 e. The summed E-state index contributed by atoms with van der Waals surface area (Å²) in [7, 11) is 0. The van der Waals surface area contributed by atoms with Crippen LogP contribution >= 0.6 is 12.2 Å². The van der Waals surface area contributed by atoms with Crippen molar-refractivity contribution in [1.82, 2.24) is 4.90 Å². The number of rotatable bonds is 5. The van der Waals surface area contributed by atoms with E-state index in [2.05, 4.69) is 0 Å². The first kappa shape index (κ1) is 13.8. The van der Waals surface area contributed by atoms with Crippen LogP contribution in [0.4, 0.5) is 0 Å². The van der Waals surface area contributed by atoms with E-state index in [9.17, 15) is 4.79 Å².